The summed E-state index contributed by atoms with van der Waals surface area (Å²) in [4.78, 5) is 11.8. The van der Waals surface area contributed by atoms with Crippen LogP contribution < -0.4 is 10.6 Å². The van der Waals surface area contributed by atoms with E-state index in [2.05, 4.69) is 20.8 Å². The van der Waals surface area contributed by atoms with Crippen LogP contribution in [0.1, 0.15) is 19.4 Å². The third kappa shape index (κ3) is 3.25. The number of guanidine groups is 1. The molecule has 4 N–H and O–H groups in total. The molecule has 2 rings (SSSR count). The molecule has 1 saturated heterocycles. The monoisotopic (exact) mass is 276 g/mol. The highest BCUT2D eigenvalue weighted by Crippen LogP contribution is 2.25. The van der Waals surface area contributed by atoms with Gasteiger partial charge in [-0.05, 0) is 31.5 Å². The van der Waals surface area contributed by atoms with E-state index in [1.165, 1.54) is 12.1 Å². The number of phenolic OH excluding ortho intramolecular Hbond substituents is 2. The molecule has 0 spiro atoms. The fourth-order valence-corrected chi connectivity index (χ4v) is 1.75. The van der Waals surface area contributed by atoms with Crippen molar-refractivity contribution in [2.45, 2.75) is 26.3 Å². The van der Waals surface area contributed by atoms with E-state index < -0.39 is 6.04 Å². The van der Waals surface area contributed by atoms with Crippen LogP contribution in [0.25, 0.3) is 0 Å². The van der Waals surface area contributed by atoms with Gasteiger partial charge in [-0.15, -0.1) is 5.10 Å². The van der Waals surface area contributed by atoms with Crippen LogP contribution >= 0.6 is 0 Å². The summed E-state index contributed by atoms with van der Waals surface area (Å²) in [6.45, 7) is 3.61. The molecule has 1 atom stereocenters. The van der Waals surface area contributed by atoms with Gasteiger partial charge in [0.05, 0.1) is 0 Å². The average molecular weight is 276 g/mol. The zero-order valence-electron chi connectivity index (χ0n) is 11.2. The Labute approximate surface area is 116 Å². The molecule has 1 aliphatic rings. The highest BCUT2D eigenvalue weighted by Gasteiger charge is 2.28. The smallest absolute Gasteiger partial charge is 0.249 e. The first-order valence-corrected chi connectivity index (χ1v) is 6.13. The van der Waals surface area contributed by atoms with Gasteiger partial charge in [0.1, 0.15) is 6.04 Å². The summed E-state index contributed by atoms with van der Waals surface area (Å²) in [6, 6.07) is 3.98. The van der Waals surface area contributed by atoms with Crippen LogP contribution in [0.3, 0.4) is 0 Å². The van der Waals surface area contributed by atoms with Gasteiger partial charge in [-0.1, -0.05) is 6.07 Å². The van der Waals surface area contributed by atoms with E-state index >= 15 is 0 Å². The van der Waals surface area contributed by atoms with Crippen LogP contribution in [0.2, 0.25) is 0 Å². The van der Waals surface area contributed by atoms with E-state index in [4.69, 9.17) is 0 Å². The van der Waals surface area contributed by atoms with Crippen LogP contribution in [0.4, 0.5) is 0 Å². The predicted molar refractivity (Wildman–Crippen MR) is 74.8 cm³/mol. The molecule has 0 saturated carbocycles. The minimum Gasteiger partial charge on any atom is -0.504 e. The molecule has 1 unspecified atom stereocenters. The van der Waals surface area contributed by atoms with Crippen LogP contribution in [-0.4, -0.2) is 33.8 Å². The molecule has 106 valence electrons. The van der Waals surface area contributed by atoms with Crippen molar-refractivity contribution in [2.24, 2.45) is 10.2 Å². The maximum Gasteiger partial charge on any atom is 0.249 e. The van der Waals surface area contributed by atoms with Gasteiger partial charge < -0.3 is 15.5 Å². The summed E-state index contributed by atoms with van der Waals surface area (Å²) in [7, 11) is 0. The van der Waals surface area contributed by atoms with Crippen molar-refractivity contribution in [2.75, 3.05) is 0 Å². The maximum absolute atomic E-state index is 11.8. The van der Waals surface area contributed by atoms with Crippen LogP contribution in [0.15, 0.2) is 28.4 Å². The minimum atomic E-state index is -0.481. The van der Waals surface area contributed by atoms with Crippen molar-refractivity contribution in [3.05, 3.63) is 23.8 Å². The normalized spacial score (nSPS) is 19.6. The fraction of sp³-hybridized carbons (Fsp3) is 0.308. The van der Waals surface area contributed by atoms with E-state index in [-0.39, 0.29) is 17.4 Å². The van der Waals surface area contributed by atoms with Gasteiger partial charge in [0, 0.05) is 12.1 Å². The molecule has 20 heavy (non-hydrogen) atoms. The Kier molecular flexibility index (Phi) is 3.88. The molecular weight excluding hydrogens is 260 g/mol. The SMILES string of the molecule is CC(C)=N/N=C1\NC(=O)C(Cc2ccc(O)c(O)c2)N1. The summed E-state index contributed by atoms with van der Waals surface area (Å²) >= 11 is 0. The van der Waals surface area contributed by atoms with Crippen molar-refractivity contribution in [3.8, 4) is 11.5 Å². The average Bonchev–Trinajstić information content (AvgIpc) is 2.72. The first-order chi connectivity index (χ1) is 9.45. The minimum absolute atomic E-state index is 0.187. The summed E-state index contributed by atoms with van der Waals surface area (Å²) in [5, 5.41) is 31.9. The Balaban J connectivity index is 2.07. The lowest BCUT2D eigenvalue weighted by Gasteiger charge is -2.08. The second kappa shape index (κ2) is 5.60. The first-order valence-electron chi connectivity index (χ1n) is 6.13. The number of rotatable bonds is 3. The largest absolute Gasteiger partial charge is 0.504 e. The number of phenols is 2. The molecule has 1 aliphatic heterocycles. The van der Waals surface area contributed by atoms with Gasteiger partial charge in [0.15, 0.2) is 11.5 Å². The molecule has 1 aromatic carbocycles. The van der Waals surface area contributed by atoms with Crippen LogP contribution in [-0.2, 0) is 11.2 Å². The molecule has 1 heterocycles. The highest BCUT2D eigenvalue weighted by atomic mass is 16.3. The zero-order chi connectivity index (χ0) is 14.7. The fourth-order valence-electron chi connectivity index (χ4n) is 1.75. The van der Waals surface area contributed by atoms with Crippen LogP contribution in [0, 0.1) is 0 Å². The second-order valence-electron chi connectivity index (χ2n) is 4.71. The first kappa shape index (κ1) is 13.9. The van der Waals surface area contributed by atoms with E-state index in [0.717, 1.165) is 11.3 Å². The molecule has 1 aromatic rings. The summed E-state index contributed by atoms with van der Waals surface area (Å²) in [5.41, 5.74) is 1.50. The Morgan fingerprint density at radius 1 is 1.30 bits per heavy atom. The van der Waals surface area contributed by atoms with Gasteiger partial charge in [0.2, 0.25) is 11.9 Å². The second-order valence-corrected chi connectivity index (χ2v) is 4.71. The molecule has 1 fully saturated rings. The predicted octanol–water partition coefficient (Wildman–Crippen LogP) is 0.480. The molecule has 1 amide bonds. The van der Waals surface area contributed by atoms with Gasteiger partial charge >= 0.3 is 0 Å². The van der Waals surface area contributed by atoms with E-state index in [1.807, 2.05) is 0 Å². The molecule has 0 aromatic heterocycles. The Morgan fingerprint density at radius 2 is 2.05 bits per heavy atom. The summed E-state index contributed by atoms with van der Waals surface area (Å²) in [6.07, 6.45) is 0.369. The molecule has 0 aliphatic carbocycles. The molecule has 7 heteroatoms. The lowest BCUT2D eigenvalue weighted by atomic mass is 10.1. The third-order valence-electron chi connectivity index (χ3n) is 2.70. The lowest BCUT2D eigenvalue weighted by Crippen LogP contribution is -2.31. The molecular formula is C13H16N4O3. The molecule has 0 radical (unpaired) electrons. The Hall–Kier alpha value is -2.57. The number of carbonyl (C=O) groups excluding carboxylic acids is 1. The van der Waals surface area contributed by atoms with E-state index in [9.17, 15) is 15.0 Å². The Morgan fingerprint density at radius 3 is 2.70 bits per heavy atom. The number of hydrogen-bond acceptors (Lipinski definition) is 5. The standard InChI is InChI=1S/C13H16N4O3/c1-7(2)16-17-13-14-9(12(20)15-13)5-8-3-4-10(18)11(19)6-8/h3-4,6,9,18-19H,5H2,1-2H3,(H2,14,15,17,20). The third-order valence-corrected chi connectivity index (χ3v) is 2.70. The zero-order valence-corrected chi connectivity index (χ0v) is 11.2. The topological polar surface area (TPSA) is 106 Å². The summed E-state index contributed by atoms with van der Waals surface area (Å²) < 4.78 is 0. The van der Waals surface area contributed by atoms with E-state index in [0.29, 0.717) is 12.4 Å². The van der Waals surface area contributed by atoms with Crippen molar-refractivity contribution in [1.29, 1.82) is 0 Å². The van der Waals surface area contributed by atoms with Gasteiger partial charge in [-0.3, -0.25) is 10.1 Å². The van der Waals surface area contributed by atoms with Gasteiger partial charge in [0.25, 0.3) is 0 Å². The van der Waals surface area contributed by atoms with Gasteiger partial charge in [-0.25, -0.2) is 0 Å². The highest BCUT2D eigenvalue weighted by molar-refractivity contribution is 6.06. The van der Waals surface area contributed by atoms with Crippen molar-refractivity contribution in [1.82, 2.24) is 10.6 Å². The number of amides is 1. The van der Waals surface area contributed by atoms with Crippen molar-refractivity contribution >= 4 is 17.6 Å². The van der Waals surface area contributed by atoms with E-state index in [1.54, 1.807) is 19.9 Å². The number of nitrogens with zero attached hydrogens (tertiary/aromatic N) is 2. The number of benzene rings is 1. The Bertz CT molecular complexity index is 591. The maximum atomic E-state index is 11.8. The van der Waals surface area contributed by atoms with Gasteiger partial charge in [-0.2, -0.15) is 5.10 Å². The number of aromatic hydroxyl groups is 2. The quantitative estimate of drug-likeness (QED) is 0.366. The van der Waals surface area contributed by atoms with Crippen molar-refractivity contribution in [3.63, 3.8) is 0 Å². The number of hydrogen-bond donors (Lipinski definition) is 4. The number of carbonyl (C=O) groups is 1. The number of nitrogens with one attached hydrogen (secondary N) is 2. The molecule has 0 bridgehead atoms. The van der Waals surface area contributed by atoms with Crippen molar-refractivity contribution < 1.29 is 15.0 Å². The van der Waals surface area contributed by atoms with Crippen LogP contribution in [0.5, 0.6) is 11.5 Å². The molecule has 7 nitrogen and oxygen atoms in total. The summed E-state index contributed by atoms with van der Waals surface area (Å²) in [5.74, 6) is -0.293. The lowest BCUT2D eigenvalue weighted by molar-refractivity contribution is -0.120.